The highest BCUT2D eigenvalue weighted by molar-refractivity contribution is 7.93. The molecule has 10 heteroatoms. The highest BCUT2D eigenvalue weighted by atomic mass is 35.5. The number of primary amides is 1. The fourth-order valence-corrected chi connectivity index (χ4v) is 4.79. The summed E-state index contributed by atoms with van der Waals surface area (Å²) in [6, 6.07) is 6.63. The Morgan fingerprint density at radius 2 is 1.92 bits per heavy atom. The molecule has 1 aromatic carbocycles. The van der Waals surface area contributed by atoms with Crippen LogP contribution in [0.25, 0.3) is 0 Å². The van der Waals surface area contributed by atoms with Crippen molar-refractivity contribution < 1.29 is 23.1 Å². The summed E-state index contributed by atoms with van der Waals surface area (Å²) in [4.78, 5) is 23.4. The van der Waals surface area contributed by atoms with Gasteiger partial charge in [0.15, 0.2) is 0 Å². The number of nitrogens with two attached hydrogens (primary N) is 1. The van der Waals surface area contributed by atoms with E-state index >= 15 is 0 Å². The van der Waals surface area contributed by atoms with Gasteiger partial charge < -0.3 is 16.2 Å². The smallest absolute Gasteiger partial charge is 0.253 e. The first-order valence-corrected chi connectivity index (χ1v) is 9.77. The number of amides is 2. The van der Waals surface area contributed by atoms with Crippen LogP contribution in [0.3, 0.4) is 0 Å². The van der Waals surface area contributed by atoms with E-state index < -0.39 is 27.8 Å². The predicted octanol–water partition coefficient (Wildman–Crippen LogP) is 2.04. The van der Waals surface area contributed by atoms with Crippen LogP contribution < -0.4 is 11.1 Å². The first-order valence-electron chi connectivity index (χ1n) is 7.10. The molecule has 1 aromatic heterocycles. The van der Waals surface area contributed by atoms with Crippen LogP contribution in [0, 0.1) is 0 Å². The van der Waals surface area contributed by atoms with Gasteiger partial charge in [0.2, 0.25) is 9.84 Å². The van der Waals surface area contributed by atoms with Gasteiger partial charge in [-0.25, -0.2) is 8.42 Å². The highest BCUT2D eigenvalue weighted by Crippen LogP contribution is 2.35. The van der Waals surface area contributed by atoms with Crippen LogP contribution in [0.15, 0.2) is 39.4 Å². The SMILES string of the molecule is CCC(O)C(=O)Nc1sc(S(=O)(=O)c2ccc(Cl)cc2)cc1C(N)=O. The summed E-state index contributed by atoms with van der Waals surface area (Å²) in [6.45, 7) is 1.60. The fourth-order valence-electron chi connectivity index (χ4n) is 1.89. The van der Waals surface area contributed by atoms with Gasteiger partial charge in [-0.3, -0.25) is 9.59 Å². The lowest BCUT2D eigenvalue weighted by Crippen LogP contribution is -2.27. The van der Waals surface area contributed by atoms with Crippen molar-refractivity contribution in [2.75, 3.05) is 5.32 Å². The number of sulfone groups is 1. The van der Waals surface area contributed by atoms with Crippen molar-refractivity contribution in [1.29, 1.82) is 0 Å². The Bertz CT molecular complexity index is 907. The Morgan fingerprint density at radius 1 is 1.32 bits per heavy atom. The molecule has 25 heavy (non-hydrogen) atoms. The molecule has 0 spiro atoms. The Labute approximate surface area is 153 Å². The van der Waals surface area contributed by atoms with E-state index in [0.29, 0.717) is 16.4 Å². The van der Waals surface area contributed by atoms with Crippen molar-refractivity contribution in [2.45, 2.75) is 28.6 Å². The van der Waals surface area contributed by atoms with Gasteiger partial charge in [-0.2, -0.15) is 0 Å². The average Bonchev–Trinajstić information content (AvgIpc) is 2.99. The van der Waals surface area contributed by atoms with Gasteiger partial charge in [0, 0.05) is 5.02 Å². The number of carbonyl (C=O) groups is 2. The molecule has 0 radical (unpaired) electrons. The Balaban J connectivity index is 2.46. The van der Waals surface area contributed by atoms with Crippen LogP contribution in [0.4, 0.5) is 5.00 Å². The van der Waals surface area contributed by atoms with E-state index in [0.717, 1.165) is 6.07 Å². The maximum Gasteiger partial charge on any atom is 0.253 e. The second-order valence-electron chi connectivity index (χ2n) is 5.04. The van der Waals surface area contributed by atoms with Crippen molar-refractivity contribution >= 4 is 49.6 Å². The molecule has 2 rings (SSSR count). The van der Waals surface area contributed by atoms with E-state index in [4.69, 9.17) is 17.3 Å². The third kappa shape index (κ3) is 4.18. The number of aliphatic hydroxyl groups excluding tert-OH is 1. The Kier molecular flexibility index (Phi) is 5.83. The number of rotatable bonds is 6. The molecule has 0 saturated carbocycles. The quantitative estimate of drug-likeness (QED) is 0.681. The monoisotopic (exact) mass is 402 g/mol. The van der Waals surface area contributed by atoms with Crippen LogP contribution in [0.5, 0.6) is 0 Å². The van der Waals surface area contributed by atoms with Gasteiger partial charge in [-0.15, -0.1) is 11.3 Å². The van der Waals surface area contributed by atoms with E-state index in [1.54, 1.807) is 6.92 Å². The number of carbonyl (C=O) groups excluding carboxylic acids is 2. The molecule has 0 fully saturated rings. The molecule has 0 saturated heterocycles. The Morgan fingerprint density at radius 3 is 2.44 bits per heavy atom. The molecular formula is C15H15ClN2O5S2. The number of aliphatic hydroxyl groups is 1. The Hall–Kier alpha value is -1.94. The van der Waals surface area contributed by atoms with Crippen molar-refractivity contribution in [3.05, 3.63) is 40.9 Å². The number of hydrogen-bond acceptors (Lipinski definition) is 6. The third-order valence-corrected chi connectivity index (χ3v) is 6.84. The molecule has 134 valence electrons. The zero-order chi connectivity index (χ0) is 18.8. The molecule has 0 aliphatic heterocycles. The lowest BCUT2D eigenvalue weighted by atomic mass is 10.2. The van der Waals surface area contributed by atoms with E-state index in [-0.39, 0.29) is 26.1 Å². The second kappa shape index (κ2) is 7.52. The van der Waals surface area contributed by atoms with Gasteiger partial charge in [0.25, 0.3) is 11.8 Å². The van der Waals surface area contributed by atoms with Crippen LogP contribution in [-0.2, 0) is 14.6 Å². The van der Waals surface area contributed by atoms with Crippen molar-refractivity contribution in [2.24, 2.45) is 5.73 Å². The van der Waals surface area contributed by atoms with Crippen LogP contribution in [0.2, 0.25) is 5.02 Å². The van der Waals surface area contributed by atoms with E-state index in [9.17, 15) is 23.1 Å². The summed E-state index contributed by atoms with van der Waals surface area (Å²) in [7, 11) is -3.91. The number of anilines is 1. The summed E-state index contributed by atoms with van der Waals surface area (Å²) < 4.78 is 25.2. The summed E-state index contributed by atoms with van der Waals surface area (Å²) in [5, 5.41) is 12.2. The summed E-state index contributed by atoms with van der Waals surface area (Å²) in [5.74, 6) is -1.64. The molecule has 1 atom stereocenters. The van der Waals surface area contributed by atoms with Gasteiger partial charge in [0.1, 0.15) is 15.3 Å². The zero-order valence-electron chi connectivity index (χ0n) is 13.0. The van der Waals surface area contributed by atoms with Crippen molar-refractivity contribution in [1.82, 2.24) is 0 Å². The number of halogens is 1. The second-order valence-corrected chi connectivity index (χ2v) is 8.71. The molecular weight excluding hydrogens is 388 g/mol. The standard InChI is InChI=1S/C15H15ClN2O5S2/c1-2-11(19)14(21)18-15-10(13(17)20)7-12(24-15)25(22,23)9-5-3-8(16)4-6-9/h3-7,11,19H,2H2,1H3,(H2,17,20)(H,18,21). The first kappa shape index (κ1) is 19.4. The number of hydrogen-bond donors (Lipinski definition) is 3. The van der Waals surface area contributed by atoms with E-state index in [1.807, 2.05) is 0 Å². The lowest BCUT2D eigenvalue weighted by Gasteiger charge is -2.08. The maximum absolute atomic E-state index is 12.7. The molecule has 2 amide bonds. The van der Waals surface area contributed by atoms with Gasteiger partial charge in [-0.05, 0) is 36.8 Å². The van der Waals surface area contributed by atoms with Crippen LogP contribution >= 0.6 is 22.9 Å². The summed E-state index contributed by atoms with van der Waals surface area (Å²) >= 11 is 6.44. The summed E-state index contributed by atoms with van der Waals surface area (Å²) in [5.41, 5.74) is 5.11. The minimum atomic E-state index is -3.91. The normalized spacial score (nSPS) is 12.6. The van der Waals surface area contributed by atoms with Crippen LogP contribution in [-0.4, -0.2) is 31.4 Å². The topological polar surface area (TPSA) is 127 Å². The van der Waals surface area contributed by atoms with Crippen molar-refractivity contribution in [3.8, 4) is 0 Å². The minimum Gasteiger partial charge on any atom is -0.383 e. The molecule has 0 aliphatic carbocycles. The zero-order valence-corrected chi connectivity index (χ0v) is 15.4. The van der Waals surface area contributed by atoms with Gasteiger partial charge in [-0.1, -0.05) is 18.5 Å². The minimum absolute atomic E-state index is 0.0133. The largest absolute Gasteiger partial charge is 0.383 e. The fraction of sp³-hybridized carbons (Fsp3) is 0.200. The maximum atomic E-state index is 12.7. The predicted molar refractivity (Wildman–Crippen MR) is 94.7 cm³/mol. The third-order valence-electron chi connectivity index (χ3n) is 3.29. The molecule has 7 nitrogen and oxygen atoms in total. The van der Waals surface area contributed by atoms with E-state index in [2.05, 4.69) is 5.32 Å². The summed E-state index contributed by atoms with van der Waals surface area (Å²) in [6.07, 6.45) is -1.11. The van der Waals surface area contributed by atoms with Gasteiger partial charge in [0.05, 0.1) is 10.5 Å². The average molecular weight is 403 g/mol. The molecule has 0 bridgehead atoms. The molecule has 4 N–H and O–H groups in total. The molecule has 0 aliphatic rings. The molecule has 1 unspecified atom stereocenters. The van der Waals surface area contributed by atoms with Gasteiger partial charge >= 0.3 is 0 Å². The van der Waals surface area contributed by atoms with E-state index in [1.165, 1.54) is 24.3 Å². The number of benzene rings is 1. The number of thiophene rings is 1. The van der Waals surface area contributed by atoms with Crippen molar-refractivity contribution in [3.63, 3.8) is 0 Å². The molecule has 1 heterocycles. The molecule has 2 aromatic rings. The van der Waals surface area contributed by atoms with Crippen LogP contribution in [0.1, 0.15) is 23.7 Å². The first-order chi connectivity index (χ1) is 11.7. The number of nitrogens with one attached hydrogen (secondary N) is 1. The highest BCUT2D eigenvalue weighted by Gasteiger charge is 2.26. The lowest BCUT2D eigenvalue weighted by molar-refractivity contribution is -0.124.